The van der Waals surface area contributed by atoms with Gasteiger partial charge in [0.05, 0.1) is 6.04 Å². The smallest absolute Gasteiger partial charge is 0.158 e. The predicted molar refractivity (Wildman–Crippen MR) is 112 cm³/mol. The molecule has 0 saturated heterocycles. The zero-order valence-corrected chi connectivity index (χ0v) is 16.1. The van der Waals surface area contributed by atoms with Gasteiger partial charge in [-0.1, -0.05) is 90.1 Å². The highest BCUT2D eigenvalue weighted by atomic mass is 35.5. The standard InChI is InChI=1S/C22H18ClFN2S/c23-18-12-7-13-19(24)17(18)14-27-22-25-20(15-8-3-1-4-9-15)21(26-22)16-10-5-2-6-11-16/h1-13,20-21H,14H2,(H,25,26). The molecule has 0 bridgehead atoms. The lowest BCUT2D eigenvalue weighted by molar-refractivity contribution is 0.573. The predicted octanol–water partition coefficient (Wildman–Crippen LogP) is 6.15. The van der Waals surface area contributed by atoms with E-state index in [-0.39, 0.29) is 17.9 Å². The molecular formula is C22H18ClFN2S. The number of nitrogens with one attached hydrogen (secondary N) is 1. The molecule has 3 aromatic rings. The van der Waals surface area contributed by atoms with Crippen LogP contribution in [0.2, 0.25) is 5.02 Å². The summed E-state index contributed by atoms with van der Waals surface area (Å²) < 4.78 is 14.0. The Labute approximate surface area is 167 Å². The number of amidine groups is 1. The molecule has 1 N–H and O–H groups in total. The summed E-state index contributed by atoms with van der Waals surface area (Å²) in [4.78, 5) is 4.89. The van der Waals surface area contributed by atoms with Gasteiger partial charge in [0.15, 0.2) is 5.17 Å². The van der Waals surface area contributed by atoms with Crippen LogP contribution in [0, 0.1) is 5.82 Å². The Balaban J connectivity index is 1.58. The maximum absolute atomic E-state index is 14.0. The van der Waals surface area contributed by atoms with Crippen LogP contribution in [-0.2, 0) is 5.75 Å². The number of thioether (sulfide) groups is 1. The first-order valence-electron chi connectivity index (χ1n) is 8.72. The first kappa shape index (κ1) is 18.1. The number of aliphatic imine (C=N–C) groups is 1. The van der Waals surface area contributed by atoms with Crippen molar-refractivity contribution in [1.29, 1.82) is 0 Å². The van der Waals surface area contributed by atoms with Gasteiger partial charge in [0, 0.05) is 16.3 Å². The highest BCUT2D eigenvalue weighted by Crippen LogP contribution is 2.38. The molecule has 0 aromatic heterocycles. The molecule has 136 valence electrons. The quantitative estimate of drug-likeness (QED) is 0.571. The van der Waals surface area contributed by atoms with E-state index in [1.54, 1.807) is 12.1 Å². The van der Waals surface area contributed by atoms with Crippen LogP contribution in [0.5, 0.6) is 0 Å². The van der Waals surface area contributed by atoms with Gasteiger partial charge in [-0.05, 0) is 23.3 Å². The molecule has 2 unspecified atom stereocenters. The third-order valence-corrected chi connectivity index (χ3v) is 5.85. The molecule has 2 nitrogen and oxygen atoms in total. The number of rotatable bonds is 4. The van der Waals surface area contributed by atoms with Crippen LogP contribution in [0.15, 0.2) is 83.9 Å². The summed E-state index contributed by atoms with van der Waals surface area (Å²) in [7, 11) is 0. The van der Waals surface area contributed by atoms with Gasteiger partial charge < -0.3 is 5.32 Å². The highest BCUT2D eigenvalue weighted by molar-refractivity contribution is 8.13. The molecule has 0 fully saturated rings. The Kier molecular flexibility index (Phi) is 5.46. The van der Waals surface area contributed by atoms with Crippen molar-refractivity contribution in [2.24, 2.45) is 4.99 Å². The first-order chi connectivity index (χ1) is 13.2. The van der Waals surface area contributed by atoms with E-state index >= 15 is 0 Å². The van der Waals surface area contributed by atoms with Crippen LogP contribution >= 0.6 is 23.4 Å². The van der Waals surface area contributed by atoms with E-state index in [9.17, 15) is 4.39 Å². The summed E-state index contributed by atoms with van der Waals surface area (Å²) in [6.07, 6.45) is 0. The van der Waals surface area contributed by atoms with Crippen molar-refractivity contribution < 1.29 is 4.39 Å². The second-order valence-corrected chi connectivity index (χ2v) is 7.68. The topological polar surface area (TPSA) is 24.4 Å². The largest absolute Gasteiger partial charge is 0.356 e. The second kappa shape index (κ2) is 8.15. The molecule has 4 rings (SSSR count). The number of nitrogens with zero attached hydrogens (tertiary/aromatic N) is 1. The lowest BCUT2D eigenvalue weighted by atomic mass is 9.95. The van der Waals surface area contributed by atoms with Crippen LogP contribution in [0.3, 0.4) is 0 Å². The molecule has 0 spiro atoms. The van der Waals surface area contributed by atoms with Crippen LogP contribution in [-0.4, -0.2) is 5.17 Å². The van der Waals surface area contributed by atoms with E-state index in [1.165, 1.54) is 23.4 Å². The lowest BCUT2D eigenvalue weighted by Gasteiger charge is -2.19. The Morgan fingerprint density at radius 3 is 2.22 bits per heavy atom. The summed E-state index contributed by atoms with van der Waals surface area (Å²) in [5.41, 5.74) is 2.83. The number of halogens is 2. The molecule has 1 aliphatic rings. The minimum Gasteiger partial charge on any atom is -0.356 e. The lowest BCUT2D eigenvalue weighted by Crippen LogP contribution is -2.22. The number of hydrogen-bond acceptors (Lipinski definition) is 3. The normalized spacial score (nSPS) is 18.8. The number of hydrogen-bond donors (Lipinski definition) is 1. The van der Waals surface area contributed by atoms with E-state index in [2.05, 4.69) is 29.6 Å². The van der Waals surface area contributed by atoms with E-state index in [4.69, 9.17) is 16.6 Å². The van der Waals surface area contributed by atoms with Gasteiger partial charge in [0.25, 0.3) is 0 Å². The van der Waals surface area contributed by atoms with E-state index in [1.807, 2.05) is 36.4 Å². The molecule has 0 saturated carbocycles. The Bertz CT molecular complexity index is 927. The van der Waals surface area contributed by atoms with Gasteiger partial charge in [-0.2, -0.15) is 0 Å². The van der Waals surface area contributed by atoms with Gasteiger partial charge in [-0.15, -0.1) is 0 Å². The summed E-state index contributed by atoms with van der Waals surface area (Å²) in [5.74, 6) is 0.146. The highest BCUT2D eigenvalue weighted by Gasteiger charge is 2.31. The molecule has 27 heavy (non-hydrogen) atoms. The van der Waals surface area contributed by atoms with E-state index < -0.39 is 0 Å². The molecule has 3 aromatic carbocycles. The average molecular weight is 397 g/mol. The third kappa shape index (κ3) is 4.02. The van der Waals surface area contributed by atoms with Crippen molar-refractivity contribution in [1.82, 2.24) is 5.32 Å². The fourth-order valence-electron chi connectivity index (χ4n) is 3.18. The molecule has 2 atom stereocenters. The Morgan fingerprint density at radius 2 is 1.56 bits per heavy atom. The molecule has 1 heterocycles. The van der Waals surface area contributed by atoms with Crippen LogP contribution < -0.4 is 5.32 Å². The van der Waals surface area contributed by atoms with Gasteiger partial charge in [0.1, 0.15) is 11.9 Å². The molecule has 5 heteroatoms. The van der Waals surface area contributed by atoms with E-state index in [0.29, 0.717) is 16.3 Å². The maximum atomic E-state index is 14.0. The van der Waals surface area contributed by atoms with Gasteiger partial charge in [0.2, 0.25) is 0 Å². The zero-order valence-electron chi connectivity index (χ0n) is 14.5. The van der Waals surface area contributed by atoms with Gasteiger partial charge in [-0.3, -0.25) is 4.99 Å². The van der Waals surface area contributed by atoms with Gasteiger partial charge in [-0.25, -0.2) is 4.39 Å². The maximum Gasteiger partial charge on any atom is 0.158 e. The molecule has 1 aliphatic heterocycles. The summed E-state index contributed by atoms with van der Waals surface area (Å²) in [5, 5.41) is 4.76. The van der Waals surface area contributed by atoms with E-state index in [0.717, 1.165) is 10.7 Å². The van der Waals surface area contributed by atoms with Crippen LogP contribution in [0.25, 0.3) is 0 Å². The average Bonchev–Trinajstić information content (AvgIpc) is 3.13. The third-order valence-electron chi connectivity index (χ3n) is 4.57. The Morgan fingerprint density at radius 1 is 0.889 bits per heavy atom. The van der Waals surface area contributed by atoms with Crippen molar-refractivity contribution in [2.75, 3.05) is 0 Å². The summed E-state index contributed by atoms with van der Waals surface area (Å²) in [6, 6.07) is 25.3. The van der Waals surface area contributed by atoms with Crippen molar-refractivity contribution in [2.45, 2.75) is 17.8 Å². The van der Waals surface area contributed by atoms with Gasteiger partial charge >= 0.3 is 0 Å². The Hall–Kier alpha value is -2.30. The molecular weight excluding hydrogens is 379 g/mol. The fraction of sp³-hybridized carbons (Fsp3) is 0.136. The summed E-state index contributed by atoms with van der Waals surface area (Å²) in [6.45, 7) is 0. The SMILES string of the molecule is Fc1cccc(Cl)c1CSC1=NC(c2ccccc2)C(c2ccccc2)N1. The minimum atomic E-state index is -0.284. The number of benzene rings is 3. The van der Waals surface area contributed by atoms with Crippen molar-refractivity contribution in [3.63, 3.8) is 0 Å². The first-order valence-corrected chi connectivity index (χ1v) is 10.1. The summed E-state index contributed by atoms with van der Waals surface area (Å²) >= 11 is 7.63. The molecule has 0 radical (unpaired) electrons. The zero-order chi connectivity index (χ0) is 18.6. The van der Waals surface area contributed by atoms with Crippen LogP contribution in [0.4, 0.5) is 4.39 Å². The minimum absolute atomic E-state index is 0.0211. The van der Waals surface area contributed by atoms with Crippen LogP contribution in [0.1, 0.15) is 28.8 Å². The van der Waals surface area contributed by atoms with Crippen molar-refractivity contribution in [3.05, 3.63) is 106 Å². The molecule has 0 aliphatic carbocycles. The molecule has 0 amide bonds. The second-order valence-electron chi connectivity index (χ2n) is 6.31. The fourth-order valence-corrected chi connectivity index (χ4v) is 4.46. The monoisotopic (exact) mass is 396 g/mol. The van der Waals surface area contributed by atoms with Crippen molar-refractivity contribution >= 4 is 28.5 Å². The van der Waals surface area contributed by atoms with Crippen molar-refractivity contribution in [3.8, 4) is 0 Å².